The van der Waals surface area contributed by atoms with Crippen LogP contribution >= 0.6 is 0 Å². The minimum atomic E-state index is -0.0910. The molecule has 0 heterocycles. The lowest BCUT2D eigenvalue weighted by Crippen LogP contribution is -2.34. The maximum absolute atomic E-state index is 12.1. The van der Waals surface area contributed by atoms with E-state index in [1.54, 1.807) is 0 Å². The molecule has 2 N–H and O–H groups in total. The zero-order chi connectivity index (χ0) is 18.1. The van der Waals surface area contributed by atoms with Crippen LogP contribution in [0.15, 0.2) is 24.3 Å². The van der Waals surface area contributed by atoms with Crippen molar-refractivity contribution in [2.75, 3.05) is 13.1 Å². The number of benzene rings is 1. The number of carbonyl (C=O) groups excluding carboxylic acids is 2. The Bertz CT molecular complexity index is 546. The smallest absolute Gasteiger partial charge is 0.251 e. The monoisotopic (exact) mass is 344 g/mol. The third-order valence-electron chi connectivity index (χ3n) is 5.08. The first kappa shape index (κ1) is 19.5. The molecule has 0 atom stereocenters. The van der Waals surface area contributed by atoms with E-state index in [0.29, 0.717) is 31.0 Å². The molecule has 4 heteroatoms. The Kier molecular flexibility index (Phi) is 7.96. The summed E-state index contributed by atoms with van der Waals surface area (Å²) in [6.07, 6.45) is 8.14. The van der Waals surface area contributed by atoms with Crippen LogP contribution in [0.1, 0.15) is 80.6 Å². The Morgan fingerprint density at radius 2 is 1.64 bits per heavy atom. The van der Waals surface area contributed by atoms with Crippen molar-refractivity contribution in [2.45, 2.75) is 64.7 Å². The molecule has 0 saturated heterocycles. The van der Waals surface area contributed by atoms with Gasteiger partial charge in [-0.1, -0.05) is 58.1 Å². The van der Waals surface area contributed by atoms with Crippen LogP contribution in [-0.2, 0) is 4.79 Å². The lowest BCUT2D eigenvalue weighted by Gasteiger charge is -2.20. The zero-order valence-corrected chi connectivity index (χ0v) is 15.6. The van der Waals surface area contributed by atoms with Crippen LogP contribution in [0.3, 0.4) is 0 Å². The topological polar surface area (TPSA) is 58.2 Å². The van der Waals surface area contributed by atoms with Gasteiger partial charge in [0, 0.05) is 25.1 Å². The van der Waals surface area contributed by atoms with E-state index in [1.807, 2.05) is 24.3 Å². The summed E-state index contributed by atoms with van der Waals surface area (Å²) in [5, 5.41) is 5.75. The minimum Gasteiger partial charge on any atom is -0.354 e. The fraction of sp³-hybridized carbons (Fsp3) is 0.619. The first-order valence-corrected chi connectivity index (χ1v) is 9.71. The molecule has 0 aromatic heterocycles. The van der Waals surface area contributed by atoms with Crippen LogP contribution in [0.4, 0.5) is 0 Å². The van der Waals surface area contributed by atoms with Gasteiger partial charge in [-0.15, -0.1) is 0 Å². The largest absolute Gasteiger partial charge is 0.354 e. The lowest BCUT2D eigenvalue weighted by molar-refractivity contribution is -0.121. The highest BCUT2D eigenvalue weighted by Gasteiger charge is 2.14. The van der Waals surface area contributed by atoms with Gasteiger partial charge in [-0.3, -0.25) is 9.59 Å². The van der Waals surface area contributed by atoms with Crippen LogP contribution in [0.25, 0.3) is 0 Å². The van der Waals surface area contributed by atoms with Crippen molar-refractivity contribution in [3.05, 3.63) is 35.4 Å². The Morgan fingerprint density at radius 1 is 1.00 bits per heavy atom. The Labute approximate surface area is 151 Å². The summed E-state index contributed by atoms with van der Waals surface area (Å²) in [6, 6.07) is 7.69. The molecule has 138 valence electrons. The van der Waals surface area contributed by atoms with E-state index in [1.165, 1.54) is 37.7 Å². The summed E-state index contributed by atoms with van der Waals surface area (Å²) in [5.41, 5.74) is 1.88. The van der Waals surface area contributed by atoms with Gasteiger partial charge >= 0.3 is 0 Å². The lowest BCUT2D eigenvalue weighted by atomic mass is 9.86. The number of carbonyl (C=O) groups is 2. The van der Waals surface area contributed by atoms with E-state index < -0.39 is 0 Å². The summed E-state index contributed by atoms with van der Waals surface area (Å²) in [5.74, 6) is 1.20. The average Bonchev–Trinajstić information content (AvgIpc) is 2.64. The van der Waals surface area contributed by atoms with Crippen molar-refractivity contribution in [1.29, 1.82) is 0 Å². The number of hydrogen-bond acceptors (Lipinski definition) is 2. The third kappa shape index (κ3) is 6.89. The van der Waals surface area contributed by atoms with Gasteiger partial charge < -0.3 is 10.6 Å². The Morgan fingerprint density at radius 3 is 2.28 bits per heavy atom. The van der Waals surface area contributed by atoms with Gasteiger partial charge in [-0.25, -0.2) is 0 Å². The standard InChI is InChI=1S/C21H32N2O2/c1-16(2)18-9-11-19(12-10-18)21(25)23-15-14-22-20(24)13-8-17-6-4-3-5-7-17/h9-12,16-17H,3-8,13-15H2,1-2H3,(H,22,24)(H,23,25). The van der Waals surface area contributed by atoms with Gasteiger partial charge in [0.2, 0.25) is 5.91 Å². The molecule has 2 amide bonds. The highest BCUT2D eigenvalue weighted by Crippen LogP contribution is 2.27. The van der Waals surface area contributed by atoms with Gasteiger partial charge in [0.15, 0.2) is 0 Å². The summed E-state index contributed by atoms with van der Waals surface area (Å²) < 4.78 is 0. The molecule has 0 bridgehead atoms. The van der Waals surface area contributed by atoms with Crippen molar-refractivity contribution in [1.82, 2.24) is 10.6 Å². The second kappa shape index (κ2) is 10.2. The molecule has 0 spiro atoms. The van der Waals surface area contributed by atoms with E-state index >= 15 is 0 Å². The summed E-state index contributed by atoms with van der Waals surface area (Å²) in [6.45, 7) is 5.21. The van der Waals surface area contributed by atoms with Crippen LogP contribution in [0, 0.1) is 5.92 Å². The summed E-state index contributed by atoms with van der Waals surface area (Å²) >= 11 is 0. The number of rotatable bonds is 8. The molecule has 2 rings (SSSR count). The maximum atomic E-state index is 12.1. The first-order valence-electron chi connectivity index (χ1n) is 9.71. The van der Waals surface area contributed by atoms with Crippen LogP contribution < -0.4 is 10.6 Å². The van der Waals surface area contributed by atoms with Gasteiger partial charge in [0.05, 0.1) is 0 Å². The number of nitrogens with one attached hydrogen (secondary N) is 2. The second-order valence-corrected chi connectivity index (χ2v) is 7.43. The Balaban J connectivity index is 1.59. The van der Waals surface area contributed by atoms with Gasteiger partial charge in [0.1, 0.15) is 0 Å². The fourth-order valence-corrected chi connectivity index (χ4v) is 3.40. The fourth-order valence-electron chi connectivity index (χ4n) is 3.40. The van der Waals surface area contributed by atoms with E-state index in [0.717, 1.165) is 12.3 Å². The molecule has 25 heavy (non-hydrogen) atoms. The Hall–Kier alpha value is -1.84. The maximum Gasteiger partial charge on any atom is 0.251 e. The highest BCUT2D eigenvalue weighted by molar-refractivity contribution is 5.94. The molecule has 1 aromatic carbocycles. The van der Waals surface area contributed by atoms with Crippen molar-refractivity contribution in [3.8, 4) is 0 Å². The van der Waals surface area contributed by atoms with Crippen molar-refractivity contribution in [3.63, 3.8) is 0 Å². The van der Waals surface area contributed by atoms with Crippen molar-refractivity contribution >= 4 is 11.8 Å². The SMILES string of the molecule is CC(C)c1ccc(C(=O)NCCNC(=O)CCC2CCCCC2)cc1. The van der Waals surface area contributed by atoms with E-state index in [4.69, 9.17) is 0 Å². The molecule has 1 aliphatic carbocycles. The second-order valence-electron chi connectivity index (χ2n) is 7.43. The molecule has 1 aromatic rings. The van der Waals surface area contributed by atoms with Crippen LogP contribution in [0.2, 0.25) is 0 Å². The molecule has 1 fully saturated rings. The van der Waals surface area contributed by atoms with Crippen LogP contribution in [0.5, 0.6) is 0 Å². The van der Waals surface area contributed by atoms with Crippen molar-refractivity contribution < 1.29 is 9.59 Å². The molecule has 0 unspecified atom stereocenters. The van der Waals surface area contributed by atoms with E-state index in [-0.39, 0.29) is 11.8 Å². The zero-order valence-electron chi connectivity index (χ0n) is 15.6. The van der Waals surface area contributed by atoms with E-state index in [9.17, 15) is 9.59 Å². The van der Waals surface area contributed by atoms with Crippen molar-refractivity contribution in [2.24, 2.45) is 5.92 Å². The molecular weight excluding hydrogens is 312 g/mol. The quantitative estimate of drug-likeness (QED) is 0.700. The van der Waals surface area contributed by atoms with Gasteiger partial charge in [0.25, 0.3) is 5.91 Å². The first-order chi connectivity index (χ1) is 12.1. The molecule has 1 saturated carbocycles. The molecule has 0 aliphatic heterocycles. The normalized spacial score (nSPS) is 15.2. The van der Waals surface area contributed by atoms with Crippen LogP contribution in [-0.4, -0.2) is 24.9 Å². The molecule has 0 radical (unpaired) electrons. The van der Waals surface area contributed by atoms with Gasteiger partial charge in [-0.05, 0) is 36.0 Å². The summed E-state index contributed by atoms with van der Waals surface area (Å²) in [4.78, 5) is 24.0. The highest BCUT2D eigenvalue weighted by atomic mass is 16.2. The minimum absolute atomic E-state index is 0.0910. The molecular formula is C21H32N2O2. The molecule has 1 aliphatic rings. The number of hydrogen-bond donors (Lipinski definition) is 2. The van der Waals surface area contributed by atoms with E-state index in [2.05, 4.69) is 24.5 Å². The predicted molar refractivity (Wildman–Crippen MR) is 102 cm³/mol. The third-order valence-corrected chi connectivity index (χ3v) is 5.08. The number of amides is 2. The summed E-state index contributed by atoms with van der Waals surface area (Å²) in [7, 11) is 0. The predicted octanol–water partition coefficient (Wildman–Crippen LogP) is 4.02. The average molecular weight is 344 g/mol. The van der Waals surface area contributed by atoms with Gasteiger partial charge in [-0.2, -0.15) is 0 Å². The molecule has 4 nitrogen and oxygen atoms in total.